The third-order valence-electron chi connectivity index (χ3n) is 2.79. The van der Waals surface area contributed by atoms with E-state index in [0.717, 1.165) is 32.1 Å². The molecular weight excluding hydrogens is 324 g/mol. The second kappa shape index (κ2) is 9.47. The van der Waals surface area contributed by atoms with Crippen LogP contribution in [0.5, 0.6) is 0 Å². The first-order valence-electron chi connectivity index (χ1n) is 6.67. The predicted octanol–water partition coefficient (Wildman–Crippen LogP) is 3.46. The summed E-state index contributed by atoms with van der Waals surface area (Å²) in [5, 5.41) is 0. The SMILES string of the molecule is NC(=O)OCCCCCCCC(=O)c1cccc(Br)n1. The van der Waals surface area contributed by atoms with Crippen molar-refractivity contribution in [3.05, 3.63) is 28.5 Å². The summed E-state index contributed by atoms with van der Waals surface area (Å²) in [5.41, 5.74) is 5.35. The molecule has 1 aromatic heterocycles. The highest BCUT2D eigenvalue weighted by atomic mass is 79.9. The van der Waals surface area contributed by atoms with Crippen LogP contribution in [0.2, 0.25) is 0 Å². The molecule has 1 aromatic rings. The predicted molar refractivity (Wildman–Crippen MR) is 79.5 cm³/mol. The Hall–Kier alpha value is -1.43. The summed E-state index contributed by atoms with van der Waals surface area (Å²) < 4.78 is 5.31. The molecule has 20 heavy (non-hydrogen) atoms. The van der Waals surface area contributed by atoms with Crippen LogP contribution in [0.4, 0.5) is 4.79 Å². The molecule has 0 fully saturated rings. The molecular formula is C14H19BrN2O3. The lowest BCUT2D eigenvalue weighted by Gasteiger charge is -2.03. The van der Waals surface area contributed by atoms with Crippen LogP contribution >= 0.6 is 15.9 Å². The minimum atomic E-state index is -0.725. The van der Waals surface area contributed by atoms with E-state index in [-0.39, 0.29) is 5.78 Å². The number of amides is 1. The molecule has 0 aromatic carbocycles. The van der Waals surface area contributed by atoms with E-state index in [2.05, 4.69) is 25.7 Å². The van der Waals surface area contributed by atoms with Crippen molar-refractivity contribution in [3.8, 4) is 0 Å². The topological polar surface area (TPSA) is 82.3 Å². The van der Waals surface area contributed by atoms with Crippen LogP contribution < -0.4 is 5.73 Å². The Morgan fingerprint density at radius 2 is 1.85 bits per heavy atom. The van der Waals surface area contributed by atoms with Crippen LogP contribution in [0.25, 0.3) is 0 Å². The summed E-state index contributed by atoms with van der Waals surface area (Å²) in [4.78, 5) is 26.3. The molecule has 1 rings (SSSR count). The van der Waals surface area contributed by atoms with Crippen LogP contribution in [0.15, 0.2) is 22.8 Å². The van der Waals surface area contributed by atoms with Crippen LogP contribution in [-0.2, 0) is 4.74 Å². The van der Waals surface area contributed by atoms with Gasteiger partial charge in [-0.3, -0.25) is 4.79 Å². The number of halogens is 1. The lowest BCUT2D eigenvalue weighted by Crippen LogP contribution is -2.13. The number of rotatable bonds is 9. The average Bonchev–Trinajstić information content (AvgIpc) is 2.41. The van der Waals surface area contributed by atoms with Gasteiger partial charge in [0.2, 0.25) is 0 Å². The first-order valence-corrected chi connectivity index (χ1v) is 7.47. The maximum absolute atomic E-state index is 11.9. The monoisotopic (exact) mass is 342 g/mol. The number of primary amides is 1. The van der Waals surface area contributed by atoms with Gasteiger partial charge in [0.05, 0.1) is 6.61 Å². The summed E-state index contributed by atoms with van der Waals surface area (Å²) in [6.45, 7) is 0.371. The van der Waals surface area contributed by atoms with Gasteiger partial charge >= 0.3 is 6.09 Å². The molecule has 110 valence electrons. The van der Waals surface area contributed by atoms with E-state index in [4.69, 9.17) is 5.73 Å². The molecule has 1 amide bonds. The summed E-state index contributed by atoms with van der Waals surface area (Å²) in [5.74, 6) is 0.0726. The molecule has 0 aliphatic carbocycles. The third-order valence-corrected chi connectivity index (χ3v) is 3.23. The van der Waals surface area contributed by atoms with Gasteiger partial charge in [-0.2, -0.15) is 0 Å². The number of hydrogen-bond donors (Lipinski definition) is 1. The van der Waals surface area contributed by atoms with Crippen LogP contribution in [0.1, 0.15) is 49.0 Å². The second-order valence-electron chi connectivity index (χ2n) is 4.45. The Morgan fingerprint density at radius 3 is 2.55 bits per heavy atom. The largest absolute Gasteiger partial charge is 0.450 e. The van der Waals surface area contributed by atoms with E-state index >= 15 is 0 Å². The molecule has 0 spiro atoms. The number of hydrogen-bond acceptors (Lipinski definition) is 4. The molecule has 0 bridgehead atoms. The van der Waals surface area contributed by atoms with Crippen molar-refractivity contribution in [2.24, 2.45) is 5.73 Å². The highest BCUT2D eigenvalue weighted by Crippen LogP contribution is 2.11. The van der Waals surface area contributed by atoms with Crippen LogP contribution in [0, 0.1) is 0 Å². The van der Waals surface area contributed by atoms with Gasteiger partial charge < -0.3 is 10.5 Å². The molecule has 0 aliphatic rings. The summed E-state index contributed by atoms with van der Waals surface area (Å²) in [6.07, 6.45) is 4.42. The molecule has 0 saturated heterocycles. The van der Waals surface area contributed by atoms with Crippen molar-refractivity contribution in [1.82, 2.24) is 4.98 Å². The number of pyridine rings is 1. The molecule has 1 heterocycles. The smallest absolute Gasteiger partial charge is 0.404 e. The Bertz CT molecular complexity index is 452. The molecule has 0 aliphatic heterocycles. The fourth-order valence-electron chi connectivity index (χ4n) is 1.78. The molecule has 6 heteroatoms. The van der Waals surface area contributed by atoms with Crippen molar-refractivity contribution < 1.29 is 14.3 Å². The number of carbonyl (C=O) groups is 2. The number of nitrogens with zero attached hydrogens (tertiary/aromatic N) is 1. The minimum Gasteiger partial charge on any atom is -0.450 e. The van der Waals surface area contributed by atoms with Crippen molar-refractivity contribution in [3.63, 3.8) is 0 Å². The van der Waals surface area contributed by atoms with Gasteiger partial charge in [-0.15, -0.1) is 0 Å². The van der Waals surface area contributed by atoms with E-state index in [1.807, 2.05) is 6.07 Å². The lowest BCUT2D eigenvalue weighted by atomic mass is 10.1. The first kappa shape index (κ1) is 16.6. The maximum atomic E-state index is 11.9. The van der Waals surface area contributed by atoms with Gasteiger partial charge in [0.15, 0.2) is 5.78 Å². The van der Waals surface area contributed by atoms with Gasteiger partial charge in [-0.25, -0.2) is 9.78 Å². The van der Waals surface area contributed by atoms with Gasteiger partial charge in [0.1, 0.15) is 10.3 Å². The fraction of sp³-hybridized carbons (Fsp3) is 0.500. The molecule has 5 nitrogen and oxygen atoms in total. The van der Waals surface area contributed by atoms with Gasteiger partial charge in [0.25, 0.3) is 0 Å². The summed E-state index contributed by atoms with van der Waals surface area (Å²) >= 11 is 3.25. The second-order valence-corrected chi connectivity index (χ2v) is 5.27. The van der Waals surface area contributed by atoms with Crippen molar-refractivity contribution >= 4 is 27.8 Å². The molecule has 0 saturated carbocycles. The van der Waals surface area contributed by atoms with Gasteiger partial charge in [0, 0.05) is 6.42 Å². The van der Waals surface area contributed by atoms with Crippen molar-refractivity contribution in [2.45, 2.75) is 38.5 Å². The maximum Gasteiger partial charge on any atom is 0.404 e. The first-order chi connectivity index (χ1) is 9.59. The molecule has 2 N–H and O–H groups in total. The normalized spacial score (nSPS) is 10.2. The highest BCUT2D eigenvalue weighted by molar-refractivity contribution is 9.10. The molecule has 0 radical (unpaired) electrons. The number of ether oxygens (including phenoxy) is 1. The van der Waals surface area contributed by atoms with E-state index in [1.165, 1.54) is 0 Å². The van der Waals surface area contributed by atoms with Crippen molar-refractivity contribution in [2.75, 3.05) is 6.61 Å². The zero-order chi connectivity index (χ0) is 14.8. The Morgan fingerprint density at radius 1 is 1.15 bits per heavy atom. The highest BCUT2D eigenvalue weighted by Gasteiger charge is 2.07. The number of ketones is 1. The Kier molecular flexibility index (Phi) is 7.87. The van der Waals surface area contributed by atoms with Gasteiger partial charge in [-0.1, -0.05) is 25.3 Å². The van der Waals surface area contributed by atoms with Crippen LogP contribution in [0.3, 0.4) is 0 Å². The number of unbranched alkanes of at least 4 members (excludes halogenated alkanes) is 4. The average molecular weight is 343 g/mol. The Balaban J connectivity index is 2.06. The number of aromatic nitrogens is 1. The van der Waals surface area contributed by atoms with E-state index in [1.54, 1.807) is 12.1 Å². The van der Waals surface area contributed by atoms with Crippen molar-refractivity contribution in [1.29, 1.82) is 0 Å². The van der Waals surface area contributed by atoms with Crippen LogP contribution in [-0.4, -0.2) is 23.5 Å². The zero-order valence-corrected chi connectivity index (χ0v) is 12.9. The summed E-state index contributed by atoms with van der Waals surface area (Å²) in [7, 11) is 0. The number of carbonyl (C=O) groups excluding carboxylic acids is 2. The lowest BCUT2D eigenvalue weighted by molar-refractivity contribution is 0.0973. The minimum absolute atomic E-state index is 0.0726. The number of Topliss-reactive ketones (excluding diaryl/α,β-unsaturated/α-hetero) is 1. The third kappa shape index (κ3) is 7.23. The standard InChI is InChI=1S/C14H19BrN2O3/c15-13-9-6-7-11(17-13)12(18)8-4-2-1-3-5-10-20-14(16)19/h6-7,9H,1-5,8,10H2,(H2,16,19). The quantitative estimate of drug-likeness (QED) is 0.423. The molecule has 0 unspecified atom stereocenters. The molecule has 0 atom stereocenters. The van der Waals surface area contributed by atoms with E-state index in [0.29, 0.717) is 23.3 Å². The zero-order valence-electron chi connectivity index (χ0n) is 11.3. The fourth-order valence-corrected chi connectivity index (χ4v) is 2.13. The summed E-state index contributed by atoms with van der Waals surface area (Å²) in [6, 6.07) is 5.34. The van der Waals surface area contributed by atoms with E-state index < -0.39 is 6.09 Å². The van der Waals surface area contributed by atoms with E-state index in [9.17, 15) is 9.59 Å². The Labute approximate surface area is 127 Å². The number of nitrogens with two attached hydrogens (primary N) is 1. The van der Waals surface area contributed by atoms with Gasteiger partial charge in [-0.05, 0) is 40.9 Å².